The van der Waals surface area contributed by atoms with Crippen LogP contribution in [0.25, 0.3) is 11.4 Å². The molecule has 2 heterocycles. The lowest BCUT2D eigenvalue weighted by atomic mass is 9.96. The van der Waals surface area contributed by atoms with E-state index in [0.717, 1.165) is 24.8 Å². The normalized spacial score (nSPS) is 14.4. The second kappa shape index (κ2) is 10.3. The Morgan fingerprint density at radius 1 is 1.06 bits per heavy atom. The zero-order valence-corrected chi connectivity index (χ0v) is 18.6. The monoisotopic (exact) mass is 435 g/mol. The fourth-order valence-corrected chi connectivity index (χ4v) is 3.86. The molecule has 0 spiro atoms. The van der Waals surface area contributed by atoms with Gasteiger partial charge in [0.05, 0.1) is 13.2 Å². The van der Waals surface area contributed by atoms with Crippen LogP contribution in [0.4, 0.5) is 0 Å². The molecule has 1 aliphatic heterocycles. The van der Waals surface area contributed by atoms with Crippen molar-refractivity contribution in [3.8, 4) is 22.9 Å². The second-order valence-electron chi connectivity index (χ2n) is 7.83. The fraction of sp³-hybridized carbons (Fsp3) is 0.400. The molecule has 0 saturated carbocycles. The SMILES string of the molecule is CCCOc1ccc(C(=O)N2CCC(c3nc(-c4ccccc4)no3)CC2)cc1OCC. The third kappa shape index (κ3) is 4.93. The summed E-state index contributed by atoms with van der Waals surface area (Å²) in [6.07, 6.45) is 2.49. The number of nitrogens with zero attached hydrogens (tertiary/aromatic N) is 3. The average Bonchev–Trinajstić information content (AvgIpc) is 3.34. The highest BCUT2D eigenvalue weighted by Crippen LogP contribution is 2.32. The topological polar surface area (TPSA) is 77.7 Å². The van der Waals surface area contributed by atoms with Crippen molar-refractivity contribution in [3.05, 3.63) is 60.0 Å². The number of aromatic nitrogens is 2. The Hall–Kier alpha value is -3.35. The number of hydrogen-bond donors (Lipinski definition) is 0. The van der Waals surface area contributed by atoms with Crippen LogP contribution in [0.3, 0.4) is 0 Å². The molecule has 0 unspecified atom stereocenters. The quantitative estimate of drug-likeness (QED) is 0.499. The van der Waals surface area contributed by atoms with Gasteiger partial charge < -0.3 is 18.9 Å². The maximum absolute atomic E-state index is 13.1. The molecule has 0 bridgehead atoms. The molecule has 0 aliphatic carbocycles. The molecule has 3 aromatic rings. The molecular weight excluding hydrogens is 406 g/mol. The van der Waals surface area contributed by atoms with Crippen molar-refractivity contribution in [3.63, 3.8) is 0 Å². The van der Waals surface area contributed by atoms with Crippen molar-refractivity contribution in [2.24, 2.45) is 0 Å². The van der Waals surface area contributed by atoms with E-state index in [2.05, 4.69) is 17.1 Å². The molecule has 0 radical (unpaired) electrons. The highest BCUT2D eigenvalue weighted by atomic mass is 16.5. The van der Waals surface area contributed by atoms with Gasteiger partial charge in [0.25, 0.3) is 5.91 Å². The number of carbonyl (C=O) groups excluding carboxylic acids is 1. The molecule has 1 aliphatic rings. The van der Waals surface area contributed by atoms with Crippen molar-refractivity contribution in [2.75, 3.05) is 26.3 Å². The van der Waals surface area contributed by atoms with Crippen molar-refractivity contribution in [1.82, 2.24) is 15.0 Å². The summed E-state index contributed by atoms with van der Waals surface area (Å²) in [7, 11) is 0. The van der Waals surface area contributed by atoms with Crippen LogP contribution in [0.1, 0.15) is 55.3 Å². The van der Waals surface area contributed by atoms with Gasteiger partial charge in [0.15, 0.2) is 11.5 Å². The number of hydrogen-bond acceptors (Lipinski definition) is 6. The van der Waals surface area contributed by atoms with Crippen molar-refractivity contribution < 1.29 is 18.8 Å². The first-order valence-corrected chi connectivity index (χ1v) is 11.3. The number of piperidine rings is 1. The van der Waals surface area contributed by atoms with Gasteiger partial charge in [0, 0.05) is 30.1 Å². The van der Waals surface area contributed by atoms with Crippen LogP contribution in [0, 0.1) is 0 Å². The van der Waals surface area contributed by atoms with Gasteiger partial charge in [-0.2, -0.15) is 4.98 Å². The summed E-state index contributed by atoms with van der Waals surface area (Å²) >= 11 is 0. The maximum Gasteiger partial charge on any atom is 0.253 e. The summed E-state index contributed by atoms with van der Waals surface area (Å²) in [5, 5.41) is 4.13. The van der Waals surface area contributed by atoms with Gasteiger partial charge in [-0.05, 0) is 44.4 Å². The molecule has 7 heteroatoms. The fourth-order valence-electron chi connectivity index (χ4n) is 3.86. The third-order valence-electron chi connectivity index (χ3n) is 5.56. The predicted octanol–water partition coefficient (Wildman–Crippen LogP) is 4.94. The molecule has 0 atom stereocenters. The lowest BCUT2D eigenvalue weighted by molar-refractivity contribution is 0.0704. The predicted molar refractivity (Wildman–Crippen MR) is 121 cm³/mol. The number of rotatable bonds is 8. The Morgan fingerprint density at radius 3 is 2.56 bits per heavy atom. The Morgan fingerprint density at radius 2 is 1.84 bits per heavy atom. The summed E-state index contributed by atoms with van der Waals surface area (Å²) in [5.41, 5.74) is 1.55. The summed E-state index contributed by atoms with van der Waals surface area (Å²) in [5.74, 6) is 2.70. The lowest BCUT2D eigenvalue weighted by Crippen LogP contribution is -2.38. The van der Waals surface area contributed by atoms with Gasteiger partial charge in [-0.15, -0.1) is 0 Å². The molecule has 4 rings (SSSR count). The van der Waals surface area contributed by atoms with E-state index < -0.39 is 0 Å². The van der Waals surface area contributed by atoms with E-state index in [1.165, 1.54) is 0 Å². The van der Waals surface area contributed by atoms with Crippen LogP contribution in [0.5, 0.6) is 11.5 Å². The van der Waals surface area contributed by atoms with Gasteiger partial charge in [0.1, 0.15) is 0 Å². The number of likely N-dealkylation sites (tertiary alicyclic amines) is 1. The van der Waals surface area contributed by atoms with E-state index in [0.29, 0.717) is 55.1 Å². The number of amides is 1. The summed E-state index contributed by atoms with van der Waals surface area (Å²) in [4.78, 5) is 19.6. The van der Waals surface area contributed by atoms with Crippen LogP contribution in [-0.4, -0.2) is 47.3 Å². The number of ether oxygens (including phenoxy) is 2. The largest absolute Gasteiger partial charge is 0.490 e. The highest BCUT2D eigenvalue weighted by molar-refractivity contribution is 5.95. The standard InChI is InChI=1S/C25H29N3O4/c1-3-16-31-21-11-10-20(17-22(21)30-4-2)25(29)28-14-12-19(13-15-28)24-26-23(27-32-24)18-8-6-5-7-9-18/h5-11,17,19H,3-4,12-16H2,1-2H3. The first-order chi connectivity index (χ1) is 15.7. The number of carbonyl (C=O) groups is 1. The Balaban J connectivity index is 1.39. The van der Waals surface area contributed by atoms with Crippen molar-refractivity contribution >= 4 is 5.91 Å². The third-order valence-corrected chi connectivity index (χ3v) is 5.56. The Bertz CT molecular complexity index is 1030. The number of benzene rings is 2. The van der Waals surface area contributed by atoms with Crippen LogP contribution >= 0.6 is 0 Å². The smallest absolute Gasteiger partial charge is 0.253 e. The van der Waals surface area contributed by atoms with E-state index >= 15 is 0 Å². The molecule has 1 amide bonds. The van der Waals surface area contributed by atoms with E-state index in [4.69, 9.17) is 14.0 Å². The minimum atomic E-state index is 0.00180. The van der Waals surface area contributed by atoms with Crippen molar-refractivity contribution in [1.29, 1.82) is 0 Å². The van der Waals surface area contributed by atoms with Crippen LogP contribution in [0.15, 0.2) is 53.1 Å². The zero-order valence-electron chi connectivity index (χ0n) is 18.6. The second-order valence-corrected chi connectivity index (χ2v) is 7.83. The molecule has 0 N–H and O–H groups in total. The first-order valence-electron chi connectivity index (χ1n) is 11.3. The minimum Gasteiger partial charge on any atom is -0.490 e. The Labute approximate surface area is 188 Å². The molecule has 1 aromatic heterocycles. The molecular formula is C25H29N3O4. The van der Waals surface area contributed by atoms with Gasteiger partial charge in [-0.25, -0.2) is 0 Å². The molecule has 7 nitrogen and oxygen atoms in total. The van der Waals surface area contributed by atoms with E-state index in [1.807, 2.05) is 54.3 Å². The van der Waals surface area contributed by atoms with Crippen LogP contribution in [0.2, 0.25) is 0 Å². The zero-order chi connectivity index (χ0) is 22.3. The summed E-state index contributed by atoms with van der Waals surface area (Å²) < 4.78 is 17.0. The minimum absolute atomic E-state index is 0.00180. The first kappa shape index (κ1) is 21.9. The molecule has 1 fully saturated rings. The molecule has 1 saturated heterocycles. The highest BCUT2D eigenvalue weighted by Gasteiger charge is 2.28. The summed E-state index contributed by atoms with van der Waals surface area (Å²) in [6, 6.07) is 15.2. The van der Waals surface area contributed by atoms with Crippen LogP contribution < -0.4 is 9.47 Å². The van der Waals surface area contributed by atoms with E-state index in [9.17, 15) is 4.79 Å². The van der Waals surface area contributed by atoms with E-state index in [-0.39, 0.29) is 11.8 Å². The average molecular weight is 436 g/mol. The molecule has 168 valence electrons. The van der Waals surface area contributed by atoms with Crippen molar-refractivity contribution in [2.45, 2.75) is 39.0 Å². The van der Waals surface area contributed by atoms with Gasteiger partial charge in [0.2, 0.25) is 11.7 Å². The van der Waals surface area contributed by atoms with Gasteiger partial charge in [-0.3, -0.25) is 4.79 Å². The van der Waals surface area contributed by atoms with E-state index in [1.54, 1.807) is 6.07 Å². The summed E-state index contributed by atoms with van der Waals surface area (Å²) in [6.45, 7) is 6.39. The molecule has 32 heavy (non-hydrogen) atoms. The molecule has 2 aromatic carbocycles. The Kier molecular flexibility index (Phi) is 7.04. The van der Waals surface area contributed by atoms with Crippen LogP contribution in [-0.2, 0) is 0 Å². The van der Waals surface area contributed by atoms with Gasteiger partial charge >= 0.3 is 0 Å². The van der Waals surface area contributed by atoms with Gasteiger partial charge in [-0.1, -0.05) is 42.4 Å². The maximum atomic E-state index is 13.1. The lowest BCUT2D eigenvalue weighted by Gasteiger charge is -2.30.